The van der Waals surface area contributed by atoms with Crippen LogP contribution in [0.2, 0.25) is 0 Å². The molecule has 2 aliphatic rings. The Morgan fingerprint density at radius 1 is 1.32 bits per heavy atom. The summed E-state index contributed by atoms with van der Waals surface area (Å²) in [4.78, 5) is 4.70. The first kappa shape index (κ1) is 11.7. The lowest BCUT2D eigenvalue weighted by Crippen LogP contribution is -2.28. The second-order valence-electron chi connectivity index (χ2n) is 5.56. The first-order valence-electron chi connectivity index (χ1n) is 7.15. The maximum atomic E-state index is 5.90. The van der Waals surface area contributed by atoms with Gasteiger partial charge in [0.15, 0.2) is 0 Å². The van der Waals surface area contributed by atoms with Crippen LogP contribution in [-0.4, -0.2) is 24.2 Å². The third-order valence-corrected chi connectivity index (χ3v) is 5.10. The molecule has 3 nitrogen and oxygen atoms in total. The molecule has 4 rings (SSSR count). The lowest BCUT2D eigenvalue weighted by molar-refractivity contribution is 0.277. The van der Waals surface area contributed by atoms with Gasteiger partial charge in [-0.2, -0.15) is 0 Å². The van der Waals surface area contributed by atoms with E-state index in [-0.39, 0.29) is 0 Å². The molecule has 0 radical (unpaired) electrons. The fraction of sp³-hybridized carbons (Fsp3) is 0.533. The van der Waals surface area contributed by atoms with Crippen molar-refractivity contribution in [2.24, 2.45) is 0 Å². The summed E-state index contributed by atoms with van der Waals surface area (Å²) in [7, 11) is 0. The minimum Gasteiger partial charge on any atom is -0.492 e. The van der Waals surface area contributed by atoms with Crippen LogP contribution >= 0.6 is 11.3 Å². The second-order valence-corrected chi connectivity index (χ2v) is 6.62. The monoisotopic (exact) mass is 274 g/mol. The van der Waals surface area contributed by atoms with Crippen molar-refractivity contribution in [3.05, 3.63) is 23.2 Å². The molecule has 1 saturated heterocycles. The van der Waals surface area contributed by atoms with Crippen molar-refractivity contribution in [2.75, 3.05) is 13.2 Å². The Balaban J connectivity index is 1.50. The molecule has 100 valence electrons. The highest BCUT2D eigenvalue weighted by Gasteiger charge is 2.27. The number of benzene rings is 1. The predicted molar refractivity (Wildman–Crippen MR) is 78.1 cm³/mol. The molecule has 1 aromatic carbocycles. The summed E-state index contributed by atoms with van der Waals surface area (Å²) >= 11 is 1.83. The maximum Gasteiger partial charge on any atom is 0.120 e. The van der Waals surface area contributed by atoms with Crippen LogP contribution in [0.15, 0.2) is 18.2 Å². The van der Waals surface area contributed by atoms with Crippen LogP contribution in [-0.2, 0) is 0 Å². The van der Waals surface area contributed by atoms with E-state index in [0.29, 0.717) is 6.04 Å². The summed E-state index contributed by atoms with van der Waals surface area (Å²) < 4.78 is 7.16. The van der Waals surface area contributed by atoms with Crippen LogP contribution in [0.25, 0.3) is 10.2 Å². The van der Waals surface area contributed by atoms with Crippen LogP contribution in [0.3, 0.4) is 0 Å². The molecule has 1 atom stereocenters. The van der Waals surface area contributed by atoms with Crippen LogP contribution in [0.1, 0.15) is 36.6 Å². The Hall–Kier alpha value is -1.13. The highest BCUT2D eigenvalue weighted by molar-refractivity contribution is 7.18. The fourth-order valence-corrected chi connectivity index (χ4v) is 3.78. The van der Waals surface area contributed by atoms with Crippen LogP contribution in [0.4, 0.5) is 0 Å². The highest BCUT2D eigenvalue weighted by Crippen LogP contribution is 2.43. The maximum absolute atomic E-state index is 5.90. The van der Waals surface area contributed by atoms with Gasteiger partial charge in [0.25, 0.3) is 0 Å². The average molecular weight is 274 g/mol. The molecule has 2 heterocycles. The molecular formula is C15H18N2OS. The molecule has 1 saturated carbocycles. The normalized spacial score (nSPS) is 23.1. The molecule has 1 aliphatic heterocycles. The zero-order valence-corrected chi connectivity index (χ0v) is 11.7. The summed E-state index contributed by atoms with van der Waals surface area (Å²) in [6, 6.07) is 6.82. The third-order valence-electron chi connectivity index (χ3n) is 3.92. The zero-order valence-electron chi connectivity index (χ0n) is 10.9. The number of hydrogen-bond acceptors (Lipinski definition) is 4. The molecule has 2 fully saturated rings. The smallest absolute Gasteiger partial charge is 0.120 e. The minimum absolute atomic E-state index is 0.527. The first-order chi connectivity index (χ1) is 9.38. The predicted octanol–water partition coefficient (Wildman–Crippen LogP) is 3.30. The van der Waals surface area contributed by atoms with Gasteiger partial charge in [-0.15, -0.1) is 11.3 Å². The number of thiazole rings is 1. The van der Waals surface area contributed by atoms with Crippen molar-refractivity contribution in [3.63, 3.8) is 0 Å². The Kier molecular flexibility index (Phi) is 2.93. The summed E-state index contributed by atoms with van der Waals surface area (Å²) in [5.41, 5.74) is 1.12. The molecule has 1 N–H and O–H groups in total. The van der Waals surface area contributed by atoms with Gasteiger partial charge in [0.05, 0.1) is 15.2 Å². The van der Waals surface area contributed by atoms with E-state index >= 15 is 0 Å². The number of aromatic nitrogens is 1. The van der Waals surface area contributed by atoms with Crippen LogP contribution < -0.4 is 10.1 Å². The fourth-order valence-electron chi connectivity index (χ4n) is 2.61. The second kappa shape index (κ2) is 4.76. The van der Waals surface area contributed by atoms with Crippen molar-refractivity contribution in [1.29, 1.82) is 0 Å². The van der Waals surface area contributed by atoms with Gasteiger partial charge < -0.3 is 10.1 Å². The Morgan fingerprint density at radius 2 is 2.26 bits per heavy atom. The summed E-state index contributed by atoms with van der Waals surface area (Å²) in [5.74, 6) is 1.72. The van der Waals surface area contributed by atoms with E-state index in [1.54, 1.807) is 0 Å². The number of hydrogen-bond donors (Lipinski definition) is 1. The first-order valence-corrected chi connectivity index (χ1v) is 7.97. The molecule has 2 aromatic rings. The van der Waals surface area contributed by atoms with Gasteiger partial charge in [-0.25, -0.2) is 4.98 Å². The van der Waals surface area contributed by atoms with E-state index in [1.165, 1.54) is 35.4 Å². The number of ether oxygens (including phenoxy) is 1. The minimum atomic E-state index is 0.527. The molecule has 0 amide bonds. The van der Waals surface area contributed by atoms with Gasteiger partial charge in [0, 0.05) is 12.0 Å². The lowest BCUT2D eigenvalue weighted by atomic mass is 10.2. The van der Waals surface area contributed by atoms with Gasteiger partial charge in [0.2, 0.25) is 0 Å². The van der Waals surface area contributed by atoms with E-state index in [2.05, 4.69) is 17.4 Å². The van der Waals surface area contributed by atoms with E-state index < -0.39 is 0 Å². The quantitative estimate of drug-likeness (QED) is 0.929. The molecule has 1 aliphatic carbocycles. The van der Waals surface area contributed by atoms with E-state index in [1.807, 2.05) is 17.4 Å². The van der Waals surface area contributed by atoms with E-state index in [4.69, 9.17) is 9.72 Å². The number of rotatable bonds is 4. The SMILES string of the molecule is c1cc2nc(C3CC3)sc2cc1OCC1CCCN1. The van der Waals surface area contributed by atoms with Gasteiger partial charge in [-0.05, 0) is 50.4 Å². The number of nitrogens with zero attached hydrogens (tertiary/aromatic N) is 1. The average Bonchev–Trinajstić information content (AvgIpc) is 3.00. The van der Waals surface area contributed by atoms with Gasteiger partial charge in [0.1, 0.15) is 12.4 Å². The van der Waals surface area contributed by atoms with Gasteiger partial charge >= 0.3 is 0 Å². The molecule has 0 spiro atoms. The Morgan fingerprint density at radius 3 is 3.05 bits per heavy atom. The van der Waals surface area contributed by atoms with Gasteiger partial charge in [-0.3, -0.25) is 0 Å². The number of nitrogens with one attached hydrogen (secondary N) is 1. The zero-order chi connectivity index (χ0) is 12.7. The molecular weight excluding hydrogens is 256 g/mol. The largest absolute Gasteiger partial charge is 0.492 e. The van der Waals surface area contributed by atoms with Crippen LogP contribution in [0, 0.1) is 0 Å². The lowest BCUT2D eigenvalue weighted by Gasteiger charge is -2.11. The highest BCUT2D eigenvalue weighted by atomic mass is 32.1. The molecule has 4 heteroatoms. The molecule has 19 heavy (non-hydrogen) atoms. The van der Waals surface area contributed by atoms with E-state index in [9.17, 15) is 0 Å². The number of fused-ring (bicyclic) bond motifs is 1. The van der Waals surface area contributed by atoms with E-state index in [0.717, 1.165) is 30.3 Å². The van der Waals surface area contributed by atoms with Crippen molar-refractivity contribution in [1.82, 2.24) is 10.3 Å². The summed E-state index contributed by atoms with van der Waals surface area (Å²) in [5, 5.41) is 4.77. The topological polar surface area (TPSA) is 34.1 Å². The van der Waals surface area contributed by atoms with Crippen molar-refractivity contribution >= 4 is 21.6 Å². The molecule has 1 unspecified atom stereocenters. The Labute approximate surface area is 117 Å². The molecule has 1 aromatic heterocycles. The van der Waals surface area contributed by atoms with Crippen LogP contribution in [0.5, 0.6) is 5.75 Å². The summed E-state index contributed by atoms with van der Waals surface area (Å²) in [6.45, 7) is 1.91. The third kappa shape index (κ3) is 2.47. The van der Waals surface area contributed by atoms with Crippen molar-refractivity contribution < 1.29 is 4.74 Å². The summed E-state index contributed by atoms with van der Waals surface area (Å²) in [6.07, 6.45) is 5.13. The standard InChI is InChI=1S/C15H18N2OS/c1-2-11(16-7-1)9-18-12-5-6-13-14(8-12)19-15(17-13)10-3-4-10/h5-6,8,10-11,16H,1-4,7,9H2. The van der Waals surface area contributed by atoms with Crippen molar-refractivity contribution in [3.8, 4) is 5.75 Å². The van der Waals surface area contributed by atoms with Gasteiger partial charge in [-0.1, -0.05) is 0 Å². The van der Waals surface area contributed by atoms with Crippen molar-refractivity contribution in [2.45, 2.75) is 37.6 Å². The Bertz CT molecular complexity index is 585. The molecule has 0 bridgehead atoms.